The molecule has 0 saturated heterocycles. The normalized spacial score (nSPS) is 11.5. The summed E-state index contributed by atoms with van der Waals surface area (Å²) in [5, 5.41) is 3.96. The molecule has 5 heteroatoms. The highest BCUT2D eigenvalue weighted by Crippen LogP contribution is 2.55. The first-order valence-corrected chi connectivity index (χ1v) is 13.9. The van der Waals surface area contributed by atoms with Crippen molar-refractivity contribution < 1.29 is 9.53 Å². The Kier molecular flexibility index (Phi) is 6.74. The average Bonchev–Trinajstić information content (AvgIpc) is 3.30. The Morgan fingerprint density at radius 3 is 1.80 bits per heavy atom. The Morgan fingerprint density at radius 1 is 0.771 bits per heavy atom. The molecular weight excluding hydrogens is 451 g/mol. The number of rotatable bonds is 8. The van der Waals surface area contributed by atoms with Crippen LogP contribution in [0.4, 0.5) is 0 Å². The van der Waals surface area contributed by atoms with Gasteiger partial charge in [0.25, 0.3) is 0 Å². The van der Waals surface area contributed by atoms with Crippen LogP contribution in [0.25, 0.3) is 5.65 Å². The van der Waals surface area contributed by atoms with Crippen LogP contribution in [0.2, 0.25) is 0 Å². The minimum atomic E-state index is -2.03. The fraction of sp³-hybridized carbons (Fsp3) is 0.133. The number of benzene rings is 3. The minimum Gasteiger partial charge on any atom is -0.461 e. The second kappa shape index (κ2) is 10.2. The van der Waals surface area contributed by atoms with Crippen LogP contribution in [0.5, 0.6) is 0 Å². The van der Waals surface area contributed by atoms with E-state index in [0.717, 1.165) is 17.5 Å². The number of fused-ring (bicyclic) bond motifs is 1. The van der Waals surface area contributed by atoms with Gasteiger partial charge < -0.3 is 4.74 Å². The average molecular weight is 480 g/mol. The van der Waals surface area contributed by atoms with Crippen LogP contribution >= 0.6 is 7.26 Å². The van der Waals surface area contributed by atoms with E-state index in [1.165, 1.54) is 15.9 Å². The zero-order valence-electron chi connectivity index (χ0n) is 19.7. The molecule has 5 rings (SSSR count). The maximum atomic E-state index is 13.0. The summed E-state index contributed by atoms with van der Waals surface area (Å²) in [6.07, 6.45) is 3.38. The Morgan fingerprint density at radius 2 is 1.29 bits per heavy atom. The first-order chi connectivity index (χ1) is 17.2. The van der Waals surface area contributed by atoms with Gasteiger partial charge >= 0.3 is 5.97 Å². The number of hydrogen-bond acceptors (Lipinski definition) is 3. The maximum absolute atomic E-state index is 13.0. The van der Waals surface area contributed by atoms with Gasteiger partial charge in [0.2, 0.25) is 0 Å². The molecular formula is C30H28N2O2P+. The standard InChI is InChI=1S/C30H28N2O2P/c1-2-34-30(33)29-27(31-28-20-12-13-22-32(28)29)21-23-35(24-14-6-3-7-15-24,25-16-8-4-9-17-25)26-18-10-5-11-19-26/h3-20,22H,2,21,23H2,1H3/q+1. The number of carbonyl (C=O) groups excluding carboxylic acids is 1. The first kappa shape index (κ1) is 23.0. The lowest BCUT2D eigenvalue weighted by Crippen LogP contribution is -2.34. The molecule has 0 saturated carbocycles. The summed E-state index contributed by atoms with van der Waals surface area (Å²) in [6, 6.07) is 38.1. The first-order valence-electron chi connectivity index (χ1n) is 11.9. The van der Waals surface area contributed by atoms with Crippen molar-refractivity contribution in [2.24, 2.45) is 0 Å². The SMILES string of the molecule is CCOC(=O)c1c(CC[P+](c2ccccc2)(c2ccccc2)c2ccccc2)nc2ccccn12. The summed E-state index contributed by atoms with van der Waals surface area (Å²) in [5.74, 6) is -0.329. The van der Waals surface area contributed by atoms with Crippen molar-refractivity contribution in [3.05, 3.63) is 127 Å². The van der Waals surface area contributed by atoms with Gasteiger partial charge in [-0.25, -0.2) is 9.78 Å². The highest BCUT2D eigenvalue weighted by atomic mass is 31.2. The molecule has 2 aromatic heterocycles. The van der Waals surface area contributed by atoms with Gasteiger partial charge in [-0.1, -0.05) is 60.7 Å². The van der Waals surface area contributed by atoms with Crippen LogP contribution in [0.15, 0.2) is 115 Å². The molecule has 3 aromatic carbocycles. The smallest absolute Gasteiger partial charge is 0.357 e. The number of ether oxygens (including phenoxy) is 1. The third-order valence-electron chi connectivity index (χ3n) is 6.35. The van der Waals surface area contributed by atoms with Crippen molar-refractivity contribution in [1.82, 2.24) is 9.38 Å². The molecule has 2 heterocycles. The molecule has 0 aliphatic carbocycles. The molecule has 0 N–H and O–H groups in total. The quantitative estimate of drug-likeness (QED) is 0.231. The highest BCUT2D eigenvalue weighted by Gasteiger charge is 2.45. The van der Waals surface area contributed by atoms with Crippen molar-refractivity contribution in [2.75, 3.05) is 12.8 Å². The Balaban J connectivity index is 1.67. The number of esters is 1. The number of carbonyl (C=O) groups is 1. The van der Waals surface area contributed by atoms with Gasteiger partial charge in [-0.05, 0) is 55.5 Å². The lowest BCUT2D eigenvalue weighted by Gasteiger charge is -2.27. The third-order valence-corrected chi connectivity index (χ3v) is 10.8. The largest absolute Gasteiger partial charge is 0.461 e. The predicted octanol–water partition coefficient (Wildman–Crippen LogP) is 5.05. The fourth-order valence-corrected chi connectivity index (χ4v) is 9.05. The zero-order chi connectivity index (χ0) is 24.1. The minimum absolute atomic E-state index is 0.327. The summed E-state index contributed by atoms with van der Waals surface area (Å²) in [4.78, 5) is 17.9. The van der Waals surface area contributed by atoms with Crippen molar-refractivity contribution in [2.45, 2.75) is 13.3 Å². The summed E-state index contributed by atoms with van der Waals surface area (Å²) in [6.45, 7) is 2.16. The lowest BCUT2D eigenvalue weighted by atomic mass is 10.2. The Bertz CT molecular complexity index is 1320. The van der Waals surface area contributed by atoms with E-state index in [1.807, 2.05) is 35.7 Å². The number of imidazole rings is 1. The van der Waals surface area contributed by atoms with Gasteiger partial charge in [-0.15, -0.1) is 0 Å². The van der Waals surface area contributed by atoms with Crippen LogP contribution in [0, 0.1) is 0 Å². The molecule has 0 amide bonds. The number of aromatic nitrogens is 2. The number of hydrogen-bond donors (Lipinski definition) is 0. The molecule has 0 spiro atoms. The second-order valence-electron chi connectivity index (χ2n) is 8.35. The topological polar surface area (TPSA) is 43.6 Å². The van der Waals surface area contributed by atoms with Crippen molar-refractivity contribution >= 4 is 34.8 Å². The van der Waals surface area contributed by atoms with Crippen molar-refractivity contribution in [1.29, 1.82) is 0 Å². The van der Waals surface area contributed by atoms with Crippen LogP contribution < -0.4 is 15.9 Å². The van der Waals surface area contributed by atoms with E-state index in [1.54, 1.807) is 0 Å². The number of nitrogens with zero attached hydrogens (tertiary/aromatic N) is 2. The van der Waals surface area contributed by atoms with Crippen LogP contribution in [-0.2, 0) is 11.2 Å². The van der Waals surface area contributed by atoms with Crippen LogP contribution in [0.3, 0.4) is 0 Å². The van der Waals surface area contributed by atoms with E-state index in [-0.39, 0.29) is 5.97 Å². The van der Waals surface area contributed by atoms with Gasteiger partial charge in [0, 0.05) is 12.6 Å². The van der Waals surface area contributed by atoms with Gasteiger partial charge in [0.1, 0.15) is 28.8 Å². The fourth-order valence-electron chi connectivity index (χ4n) is 4.79. The molecule has 4 nitrogen and oxygen atoms in total. The maximum Gasteiger partial charge on any atom is 0.357 e. The monoisotopic (exact) mass is 479 g/mol. The summed E-state index contributed by atoms with van der Waals surface area (Å²) < 4.78 is 7.28. The van der Waals surface area contributed by atoms with Gasteiger partial charge in [-0.3, -0.25) is 4.40 Å². The van der Waals surface area contributed by atoms with E-state index in [2.05, 4.69) is 91.0 Å². The summed E-state index contributed by atoms with van der Waals surface area (Å²) in [7, 11) is -2.03. The third kappa shape index (κ3) is 4.38. The van der Waals surface area contributed by atoms with E-state index >= 15 is 0 Å². The summed E-state index contributed by atoms with van der Waals surface area (Å²) in [5.41, 5.74) is 2.06. The second-order valence-corrected chi connectivity index (χ2v) is 12.0. The molecule has 0 aliphatic heterocycles. The van der Waals surface area contributed by atoms with E-state index in [4.69, 9.17) is 9.72 Å². The molecule has 0 atom stereocenters. The lowest BCUT2D eigenvalue weighted by molar-refractivity contribution is 0.0517. The molecule has 5 aromatic rings. The molecule has 0 unspecified atom stereocenters. The number of pyridine rings is 1. The van der Waals surface area contributed by atoms with Crippen LogP contribution in [-0.4, -0.2) is 28.1 Å². The molecule has 0 bridgehead atoms. The zero-order valence-corrected chi connectivity index (χ0v) is 20.6. The van der Waals surface area contributed by atoms with E-state index in [9.17, 15) is 4.79 Å². The van der Waals surface area contributed by atoms with Crippen molar-refractivity contribution in [3.63, 3.8) is 0 Å². The molecule has 0 aliphatic rings. The summed E-state index contributed by atoms with van der Waals surface area (Å²) >= 11 is 0. The van der Waals surface area contributed by atoms with Gasteiger partial charge in [-0.2, -0.15) is 0 Å². The molecule has 35 heavy (non-hydrogen) atoms. The Hall–Kier alpha value is -3.75. The van der Waals surface area contributed by atoms with Crippen molar-refractivity contribution in [3.8, 4) is 0 Å². The molecule has 0 fully saturated rings. The number of aryl methyl sites for hydroxylation is 1. The van der Waals surface area contributed by atoms with E-state index in [0.29, 0.717) is 18.7 Å². The Labute approximate surface area is 206 Å². The van der Waals surface area contributed by atoms with Gasteiger partial charge in [0.15, 0.2) is 5.69 Å². The molecule has 0 radical (unpaired) electrons. The highest BCUT2D eigenvalue weighted by molar-refractivity contribution is 7.95. The predicted molar refractivity (Wildman–Crippen MR) is 145 cm³/mol. The van der Waals surface area contributed by atoms with Crippen LogP contribution in [0.1, 0.15) is 23.1 Å². The molecule has 174 valence electrons. The van der Waals surface area contributed by atoms with Gasteiger partial charge in [0.05, 0.1) is 18.5 Å². The van der Waals surface area contributed by atoms with E-state index < -0.39 is 7.26 Å².